The molecule has 2 aliphatic rings. The highest BCUT2D eigenvalue weighted by molar-refractivity contribution is 5.98. The zero-order valence-corrected chi connectivity index (χ0v) is 18.2. The predicted octanol–water partition coefficient (Wildman–Crippen LogP) is 3.12. The number of benzene rings is 2. The van der Waals surface area contributed by atoms with Crippen molar-refractivity contribution in [3.05, 3.63) is 70.8 Å². The van der Waals surface area contributed by atoms with Gasteiger partial charge in [0.25, 0.3) is 0 Å². The zero-order valence-electron chi connectivity index (χ0n) is 18.2. The Morgan fingerprint density at radius 2 is 1.68 bits per heavy atom. The van der Waals surface area contributed by atoms with Crippen LogP contribution in [-0.4, -0.2) is 48.8 Å². The molecule has 0 atom stereocenters. The monoisotopic (exact) mass is 419 g/mol. The van der Waals surface area contributed by atoms with Crippen LogP contribution in [0.1, 0.15) is 52.7 Å². The van der Waals surface area contributed by atoms with E-state index >= 15 is 0 Å². The minimum absolute atomic E-state index is 0.00572. The van der Waals surface area contributed by atoms with Crippen LogP contribution in [0.5, 0.6) is 0 Å². The third kappa shape index (κ3) is 6.25. The average Bonchev–Trinajstić information content (AvgIpc) is 3.04. The number of Topliss-reactive ketones (excluding diaryl/α,β-unsaturated/α-hetero) is 1. The Labute approximate surface area is 185 Å². The molecule has 0 aromatic heterocycles. The van der Waals surface area contributed by atoms with Gasteiger partial charge in [-0.3, -0.25) is 14.5 Å². The lowest BCUT2D eigenvalue weighted by Gasteiger charge is -2.32. The van der Waals surface area contributed by atoms with Crippen molar-refractivity contribution in [3.63, 3.8) is 0 Å². The Bertz CT molecular complexity index is 889. The van der Waals surface area contributed by atoms with Gasteiger partial charge < -0.3 is 10.6 Å². The number of hydrogen-bond acceptors (Lipinski definition) is 4. The molecule has 1 fully saturated rings. The molecule has 0 unspecified atom stereocenters. The van der Waals surface area contributed by atoms with Gasteiger partial charge in [-0.05, 0) is 61.5 Å². The normalized spacial score (nSPS) is 17.5. The number of nitrogens with zero attached hydrogens (tertiary/aromatic N) is 1. The van der Waals surface area contributed by atoms with Crippen LogP contribution >= 0.6 is 0 Å². The molecule has 5 nitrogen and oxygen atoms in total. The number of hydrogen-bond donors (Lipinski definition) is 2. The number of fused-ring (bicyclic) bond motifs is 1. The molecule has 4 rings (SSSR count). The Morgan fingerprint density at radius 3 is 2.45 bits per heavy atom. The van der Waals surface area contributed by atoms with E-state index in [0.29, 0.717) is 0 Å². The summed E-state index contributed by atoms with van der Waals surface area (Å²) in [6, 6.07) is 16.8. The summed E-state index contributed by atoms with van der Waals surface area (Å²) in [6.07, 6.45) is 4.43. The second kappa shape index (κ2) is 10.7. The third-order valence-electron chi connectivity index (χ3n) is 6.45. The van der Waals surface area contributed by atoms with Gasteiger partial charge in [0.2, 0.25) is 5.91 Å². The van der Waals surface area contributed by atoms with E-state index in [4.69, 9.17) is 0 Å². The molecule has 0 spiro atoms. The van der Waals surface area contributed by atoms with E-state index in [2.05, 4.69) is 45.9 Å². The van der Waals surface area contributed by atoms with E-state index in [0.717, 1.165) is 64.0 Å². The number of carbonyl (C=O) groups is 2. The lowest BCUT2D eigenvalue weighted by Crippen LogP contribution is -2.44. The van der Waals surface area contributed by atoms with Crippen molar-refractivity contribution in [1.29, 1.82) is 0 Å². The number of likely N-dealkylation sites (tertiary alicyclic amines) is 1. The van der Waals surface area contributed by atoms with E-state index in [1.54, 1.807) is 0 Å². The largest absolute Gasteiger partial charge is 0.353 e. The summed E-state index contributed by atoms with van der Waals surface area (Å²) >= 11 is 0. The van der Waals surface area contributed by atoms with Crippen LogP contribution in [0.4, 0.5) is 0 Å². The summed E-state index contributed by atoms with van der Waals surface area (Å²) < 4.78 is 0. The van der Waals surface area contributed by atoms with Gasteiger partial charge in [0.05, 0.1) is 0 Å². The van der Waals surface area contributed by atoms with Crippen LogP contribution in [0.2, 0.25) is 0 Å². The van der Waals surface area contributed by atoms with Crippen molar-refractivity contribution < 1.29 is 9.59 Å². The van der Waals surface area contributed by atoms with Crippen LogP contribution in [0.3, 0.4) is 0 Å². The minimum atomic E-state index is -0.00572. The molecule has 0 saturated carbocycles. The van der Waals surface area contributed by atoms with Gasteiger partial charge in [0, 0.05) is 44.1 Å². The quantitative estimate of drug-likeness (QED) is 0.677. The van der Waals surface area contributed by atoms with Gasteiger partial charge >= 0.3 is 0 Å². The molecular formula is C26H33N3O2. The second-order valence-corrected chi connectivity index (χ2v) is 8.76. The number of amides is 1. The maximum absolute atomic E-state index is 12.6. The molecular weight excluding hydrogens is 386 g/mol. The first kappa shape index (κ1) is 21.7. The van der Waals surface area contributed by atoms with Crippen LogP contribution in [0.25, 0.3) is 0 Å². The van der Waals surface area contributed by atoms with Crippen molar-refractivity contribution in [2.45, 2.75) is 51.1 Å². The molecule has 0 aliphatic carbocycles. The molecule has 1 amide bonds. The highest BCUT2D eigenvalue weighted by Crippen LogP contribution is 2.18. The summed E-state index contributed by atoms with van der Waals surface area (Å²) in [4.78, 5) is 27.5. The molecule has 0 radical (unpaired) electrons. The first-order valence-corrected chi connectivity index (χ1v) is 11.6. The molecule has 31 heavy (non-hydrogen) atoms. The van der Waals surface area contributed by atoms with Crippen molar-refractivity contribution in [2.75, 3.05) is 26.2 Å². The zero-order chi connectivity index (χ0) is 21.5. The Hall–Kier alpha value is -2.50. The fourth-order valence-electron chi connectivity index (χ4n) is 4.60. The van der Waals surface area contributed by atoms with Gasteiger partial charge in [-0.15, -0.1) is 0 Å². The van der Waals surface area contributed by atoms with Crippen molar-refractivity contribution in [3.8, 4) is 0 Å². The summed E-state index contributed by atoms with van der Waals surface area (Å²) in [5.74, 6) is 0.0571. The number of carbonyl (C=O) groups excluding carboxylic acids is 2. The summed E-state index contributed by atoms with van der Waals surface area (Å²) in [7, 11) is 0. The lowest BCUT2D eigenvalue weighted by atomic mass is 9.97. The molecule has 164 valence electrons. The van der Waals surface area contributed by atoms with Crippen molar-refractivity contribution in [2.24, 2.45) is 0 Å². The highest BCUT2D eigenvalue weighted by Gasteiger charge is 2.21. The average molecular weight is 420 g/mol. The van der Waals surface area contributed by atoms with Gasteiger partial charge in [-0.1, -0.05) is 42.5 Å². The van der Waals surface area contributed by atoms with Crippen molar-refractivity contribution >= 4 is 11.7 Å². The van der Waals surface area contributed by atoms with E-state index < -0.39 is 0 Å². The fraction of sp³-hybridized carbons (Fsp3) is 0.462. The topological polar surface area (TPSA) is 61.4 Å². The summed E-state index contributed by atoms with van der Waals surface area (Å²) in [5, 5.41) is 6.54. The molecule has 5 heteroatoms. The van der Waals surface area contributed by atoms with Crippen molar-refractivity contribution in [1.82, 2.24) is 15.5 Å². The maximum Gasteiger partial charge on any atom is 0.220 e. The van der Waals surface area contributed by atoms with E-state index in [1.165, 1.54) is 16.7 Å². The van der Waals surface area contributed by atoms with Crippen LogP contribution in [-0.2, 0) is 24.2 Å². The molecule has 2 aromatic carbocycles. The standard InChI is InChI=1S/C26H33N3O2/c30-25(23-7-6-21-10-14-27-15-11-22(21)18-23)8-9-26(31)28-24-12-16-29(17-13-24)19-20-4-2-1-3-5-20/h1-7,18,24,27H,8-17,19H2,(H,28,31). The third-order valence-corrected chi connectivity index (χ3v) is 6.45. The Morgan fingerprint density at radius 1 is 0.935 bits per heavy atom. The predicted molar refractivity (Wildman–Crippen MR) is 123 cm³/mol. The second-order valence-electron chi connectivity index (χ2n) is 8.76. The molecule has 2 aromatic rings. The van der Waals surface area contributed by atoms with Gasteiger partial charge in [-0.25, -0.2) is 0 Å². The Kier molecular flexibility index (Phi) is 7.49. The Balaban J connectivity index is 1.19. The van der Waals surface area contributed by atoms with Crippen LogP contribution in [0, 0.1) is 0 Å². The lowest BCUT2D eigenvalue weighted by molar-refractivity contribution is -0.122. The number of rotatable bonds is 7. The molecule has 2 heterocycles. The number of piperidine rings is 1. The van der Waals surface area contributed by atoms with Gasteiger partial charge in [0.1, 0.15) is 0 Å². The minimum Gasteiger partial charge on any atom is -0.353 e. The number of nitrogens with one attached hydrogen (secondary N) is 2. The molecule has 2 aliphatic heterocycles. The SMILES string of the molecule is O=C(CCC(=O)c1ccc2c(c1)CCNCC2)NC1CCN(Cc2ccccc2)CC1. The van der Waals surface area contributed by atoms with Gasteiger partial charge in [-0.2, -0.15) is 0 Å². The fourth-order valence-corrected chi connectivity index (χ4v) is 4.60. The highest BCUT2D eigenvalue weighted by atomic mass is 16.2. The molecule has 0 bridgehead atoms. The summed E-state index contributed by atoms with van der Waals surface area (Å²) in [5.41, 5.74) is 4.67. The van der Waals surface area contributed by atoms with Crippen LogP contribution in [0.15, 0.2) is 48.5 Å². The van der Waals surface area contributed by atoms with Gasteiger partial charge in [0.15, 0.2) is 5.78 Å². The first-order chi connectivity index (χ1) is 15.2. The van der Waals surface area contributed by atoms with E-state index in [9.17, 15) is 9.59 Å². The first-order valence-electron chi connectivity index (χ1n) is 11.6. The number of ketones is 1. The molecule has 1 saturated heterocycles. The van der Waals surface area contributed by atoms with Crippen LogP contribution < -0.4 is 10.6 Å². The van der Waals surface area contributed by atoms with E-state index in [-0.39, 0.29) is 30.6 Å². The maximum atomic E-state index is 12.6. The summed E-state index contributed by atoms with van der Waals surface area (Å²) in [6.45, 7) is 4.89. The van der Waals surface area contributed by atoms with E-state index in [1.807, 2.05) is 18.2 Å². The smallest absolute Gasteiger partial charge is 0.220 e. The molecule has 2 N–H and O–H groups in total.